The van der Waals surface area contributed by atoms with Gasteiger partial charge in [0.05, 0.1) is 0 Å². The summed E-state index contributed by atoms with van der Waals surface area (Å²) < 4.78 is 12.0. The van der Waals surface area contributed by atoms with Crippen LogP contribution in [0.15, 0.2) is 48.5 Å². The number of rotatable bonds is 11. The molecular formula is C21H30N2O2. The van der Waals surface area contributed by atoms with Gasteiger partial charge in [-0.1, -0.05) is 51.2 Å². The highest BCUT2D eigenvalue weighted by Gasteiger charge is 2.13. The van der Waals surface area contributed by atoms with Crippen LogP contribution in [0.25, 0.3) is 0 Å². The zero-order chi connectivity index (χ0) is 17.9. The molecule has 0 saturated heterocycles. The van der Waals surface area contributed by atoms with Crippen LogP contribution in [0.3, 0.4) is 0 Å². The van der Waals surface area contributed by atoms with E-state index in [9.17, 15) is 0 Å². The van der Waals surface area contributed by atoms with E-state index in [-0.39, 0.29) is 6.29 Å². The minimum Gasteiger partial charge on any atom is -0.455 e. The molecule has 2 aromatic rings. The second-order valence-electron chi connectivity index (χ2n) is 6.37. The van der Waals surface area contributed by atoms with Gasteiger partial charge in [-0.15, -0.1) is 0 Å². The summed E-state index contributed by atoms with van der Waals surface area (Å²) in [6, 6.07) is 14.9. The maximum absolute atomic E-state index is 6.02. The van der Waals surface area contributed by atoms with Gasteiger partial charge in [-0.2, -0.15) is 0 Å². The van der Waals surface area contributed by atoms with Gasteiger partial charge in [-0.25, -0.2) is 0 Å². The lowest BCUT2D eigenvalue weighted by Gasteiger charge is -2.21. The summed E-state index contributed by atoms with van der Waals surface area (Å²) in [4.78, 5) is 0. The molecule has 136 valence electrons. The van der Waals surface area contributed by atoms with Crippen molar-refractivity contribution < 1.29 is 9.47 Å². The Labute approximate surface area is 151 Å². The lowest BCUT2D eigenvalue weighted by atomic mass is 10.1. The number of anilines is 2. The van der Waals surface area contributed by atoms with Crippen LogP contribution in [0.2, 0.25) is 0 Å². The van der Waals surface area contributed by atoms with E-state index in [0.717, 1.165) is 24.3 Å². The summed E-state index contributed by atoms with van der Waals surface area (Å²) in [5.74, 6) is 1.44. The first-order chi connectivity index (χ1) is 12.2. The zero-order valence-corrected chi connectivity index (χ0v) is 15.1. The van der Waals surface area contributed by atoms with Crippen molar-refractivity contribution in [2.75, 3.05) is 11.5 Å². The van der Waals surface area contributed by atoms with Gasteiger partial charge in [0, 0.05) is 29.9 Å². The average molecular weight is 342 g/mol. The number of hydrogen-bond donors (Lipinski definition) is 2. The Kier molecular flexibility index (Phi) is 7.96. The molecule has 4 nitrogen and oxygen atoms in total. The molecule has 0 aliphatic rings. The van der Waals surface area contributed by atoms with E-state index in [1.165, 1.54) is 32.1 Å². The third-order valence-electron chi connectivity index (χ3n) is 4.04. The van der Waals surface area contributed by atoms with Gasteiger partial charge in [-0.05, 0) is 30.7 Å². The molecule has 0 unspecified atom stereocenters. The second kappa shape index (κ2) is 10.5. The predicted octanol–water partition coefficient (Wildman–Crippen LogP) is 5.39. The molecule has 4 heteroatoms. The summed E-state index contributed by atoms with van der Waals surface area (Å²) >= 11 is 0. The molecule has 25 heavy (non-hydrogen) atoms. The molecular weight excluding hydrogens is 312 g/mol. The summed E-state index contributed by atoms with van der Waals surface area (Å²) in [7, 11) is 0. The standard InChI is InChI=1S/C21H30N2O2/c1-2-3-4-5-6-7-14-21(24-19-12-8-10-17(22)15-19)25-20-13-9-11-18(23)16-20/h8-13,15-16,21H,2-7,14,22-23H2,1H3. The second-order valence-corrected chi connectivity index (χ2v) is 6.37. The minimum absolute atomic E-state index is 0.352. The summed E-state index contributed by atoms with van der Waals surface area (Å²) in [6.45, 7) is 2.23. The van der Waals surface area contributed by atoms with E-state index in [2.05, 4.69) is 6.92 Å². The normalized spacial score (nSPS) is 10.8. The Morgan fingerprint density at radius 2 is 1.28 bits per heavy atom. The summed E-state index contributed by atoms with van der Waals surface area (Å²) in [6.07, 6.45) is 7.87. The van der Waals surface area contributed by atoms with Gasteiger partial charge in [0.2, 0.25) is 6.29 Å². The van der Waals surface area contributed by atoms with Crippen molar-refractivity contribution in [3.63, 3.8) is 0 Å². The van der Waals surface area contributed by atoms with Crippen LogP contribution in [-0.4, -0.2) is 6.29 Å². The topological polar surface area (TPSA) is 70.5 Å². The van der Waals surface area contributed by atoms with Crippen molar-refractivity contribution in [2.45, 2.75) is 58.2 Å². The molecule has 2 rings (SSSR count). The van der Waals surface area contributed by atoms with E-state index in [0.29, 0.717) is 11.4 Å². The first-order valence-electron chi connectivity index (χ1n) is 9.22. The quantitative estimate of drug-likeness (QED) is 0.326. The van der Waals surface area contributed by atoms with Gasteiger partial charge >= 0.3 is 0 Å². The van der Waals surface area contributed by atoms with E-state index in [1.54, 1.807) is 0 Å². The fourth-order valence-electron chi connectivity index (χ4n) is 2.71. The number of nitrogens with two attached hydrogens (primary N) is 2. The van der Waals surface area contributed by atoms with Crippen LogP contribution in [0.1, 0.15) is 51.9 Å². The van der Waals surface area contributed by atoms with Crippen LogP contribution in [0, 0.1) is 0 Å². The van der Waals surface area contributed by atoms with Gasteiger partial charge < -0.3 is 20.9 Å². The van der Waals surface area contributed by atoms with Crippen molar-refractivity contribution >= 4 is 11.4 Å². The number of benzene rings is 2. The van der Waals surface area contributed by atoms with Crippen LogP contribution in [0.4, 0.5) is 11.4 Å². The number of nitrogen functional groups attached to an aromatic ring is 2. The van der Waals surface area contributed by atoms with E-state index in [1.807, 2.05) is 48.5 Å². The highest BCUT2D eigenvalue weighted by Crippen LogP contribution is 2.22. The molecule has 0 radical (unpaired) electrons. The molecule has 0 saturated carbocycles. The Bertz CT molecular complexity index is 583. The average Bonchev–Trinajstić information content (AvgIpc) is 2.58. The number of hydrogen-bond acceptors (Lipinski definition) is 4. The predicted molar refractivity (Wildman–Crippen MR) is 105 cm³/mol. The lowest BCUT2D eigenvalue weighted by Crippen LogP contribution is -2.24. The zero-order valence-electron chi connectivity index (χ0n) is 15.1. The Morgan fingerprint density at radius 3 is 1.80 bits per heavy atom. The summed E-state index contributed by atoms with van der Waals surface area (Å²) in [5, 5.41) is 0. The molecule has 0 atom stereocenters. The molecule has 4 N–H and O–H groups in total. The van der Waals surface area contributed by atoms with E-state index < -0.39 is 0 Å². The van der Waals surface area contributed by atoms with Crippen LogP contribution in [0.5, 0.6) is 11.5 Å². The first-order valence-corrected chi connectivity index (χ1v) is 9.22. The molecule has 0 aliphatic carbocycles. The van der Waals surface area contributed by atoms with Crippen molar-refractivity contribution in [2.24, 2.45) is 0 Å². The Morgan fingerprint density at radius 1 is 0.760 bits per heavy atom. The van der Waals surface area contributed by atoms with Crippen molar-refractivity contribution in [3.05, 3.63) is 48.5 Å². The third-order valence-corrected chi connectivity index (χ3v) is 4.04. The fraction of sp³-hybridized carbons (Fsp3) is 0.429. The maximum Gasteiger partial charge on any atom is 0.241 e. The molecule has 0 aromatic heterocycles. The molecule has 0 amide bonds. The SMILES string of the molecule is CCCCCCCCC(Oc1cccc(N)c1)Oc1cccc(N)c1. The minimum atomic E-state index is -0.352. The molecule has 2 aromatic carbocycles. The fourth-order valence-corrected chi connectivity index (χ4v) is 2.71. The van der Waals surface area contributed by atoms with Crippen molar-refractivity contribution in [1.82, 2.24) is 0 Å². The van der Waals surface area contributed by atoms with E-state index in [4.69, 9.17) is 20.9 Å². The highest BCUT2D eigenvalue weighted by molar-refractivity contribution is 5.44. The maximum atomic E-state index is 6.02. The Balaban J connectivity index is 1.92. The number of ether oxygens (including phenoxy) is 2. The lowest BCUT2D eigenvalue weighted by molar-refractivity contribution is -0.00235. The van der Waals surface area contributed by atoms with Gasteiger partial charge in [0.15, 0.2) is 0 Å². The third kappa shape index (κ3) is 7.38. The van der Waals surface area contributed by atoms with Crippen LogP contribution < -0.4 is 20.9 Å². The van der Waals surface area contributed by atoms with Crippen LogP contribution >= 0.6 is 0 Å². The molecule has 0 heterocycles. The largest absolute Gasteiger partial charge is 0.455 e. The van der Waals surface area contributed by atoms with Gasteiger partial charge in [0.1, 0.15) is 11.5 Å². The molecule has 0 bridgehead atoms. The smallest absolute Gasteiger partial charge is 0.241 e. The number of unbranched alkanes of at least 4 members (excludes halogenated alkanes) is 5. The molecule has 0 fully saturated rings. The Hall–Kier alpha value is -2.36. The van der Waals surface area contributed by atoms with Gasteiger partial charge in [0.25, 0.3) is 0 Å². The summed E-state index contributed by atoms with van der Waals surface area (Å²) in [5.41, 5.74) is 13.0. The molecule has 0 spiro atoms. The van der Waals surface area contributed by atoms with Crippen molar-refractivity contribution in [3.8, 4) is 11.5 Å². The van der Waals surface area contributed by atoms with Crippen LogP contribution in [-0.2, 0) is 0 Å². The van der Waals surface area contributed by atoms with E-state index >= 15 is 0 Å². The van der Waals surface area contributed by atoms with Gasteiger partial charge in [-0.3, -0.25) is 0 Å². The molecule has 0 aliphatic heterocycles. The first kappa shape index (κ1) is 19.0. The van der Waals surface area contributed by atoms with Crippen molar-refractivity contribution in [1.29, 1.82) is 0 Å². The highest BCUT2D eigenvalue weighted by atomic mass is 16.7. The monoisotopic (exact) mass is 342 g/mol.